The molecule has 0 bridgehead atoms. The lowest BCUT2D eigenvalue weighted by molar-refractivity contribution is 0.397. The van der Waals surface area contributed by atoms with Gasteiger partial charge in [0.25, 0.3) is 0 Å². The van der Waals surface area contributed by atoms with Crippen molar-refractivity contribution < 1.29 is 13.2 Å². The zero-order valence-electron chi connectivity index (χ0n) is 9.76. The molecule has 0 saturated carbocycles. The van der Waals surface area contributed by atoms with E-state index in [-0.39, 0.29) is 23.1 Å². The molecular weight excluding hydrogens is 264 g/mol. The Morgan fingerprint density at radius 2 is 1.94 bits per heavy atom. The van der Waals surface area contributed by atoms with Gasteiger partial charge < -0.3 is 10.5 Å². The molecule has 0 saturated heterocycles. The first kappa shape index (κ1) is 16.0. The smallest absolute Gasteiger partial charge is 0.241 e. The summed E-state index contributed by atoms with van der Waals surface area (Å²) in [5.41, 5.74) is 6.99. The summed E-state index contributed by atoms with van der Waals surface area (Å²) in [5, 5.41) is 5.10. The number of halogens is 1. The molecule has 0 aliphatic heterocycles. The Labute approximate surface area is 108 Å². The number of anilines is 1. The molecule has 0 atom stereocenters. The maximum atomic E-state index is 11.3. The van der Waals surface area contributed by atoms with Crippen LogP contribution in [0.5, 0.6) is 5.75 Å². The van der Waals surface area contributed by atoms with Crippen LogP contribution in [0.4, 0.5) is 5.69 Å². The summed E-state index contributed by atoms with van der Waals surface area (Å²) in [7, 11) is -2.38. The Morgan fingerprint density at radius 1 is 1.35 bits per heavy atom. The Morgan fingerprint density at radius 3 is 2.35 bits per heavy atom. The van der Waals surface area contributed by atoms with Crippen LogP contribution in [-0.2, 0) is 16.4 Å². The van der Waals surface area contributed by atoms with E-state index in [0.29, 0.717) is 17.7 Å². The van der Waals surface area contributed by atoms with Gasteiger partial charge in [0.1, 0.15) is 10.6 Å². The molecule has 1 aromatic carbocycles. The molecule has 1 rings (SSSR count). The van der Waals surface area contributed by atoms with Crippen LogP contribution in [0.15, 0.2) is 17.0 Å². The third-order valence-corrected chi connectivity index (χ3v) is 3.21. The quantitative estimate of drug-likeness (QED) is 0.813. The van der Waals surface area contributed by atoms with Crippen LogP contribution in [0.2, 0.25) is 0 Å². The Kier molecular flexibility index (Phi) is 5.74. The monoisotopic (exact) mass is 280 g/mol. The van der Waals surface area contributed by atoms with E-state index in [4.69, 9.17) is 15.6 Å². The summed E-state index contributed by atoms with van der Waals surface area (Å²) in [6.07, 6.45) is 1.49. The molecule has 98 valence electrons. The highest BCUT2D eigenvalue weighted by molar-refractivity contribution is 7.89. The number of hydrogen-bond acceptors (Lipinski definition) is 4. The maximum Gasteiger partial charge on any atom is 0.241 e. The van der Waals surface area contributed by atoms with E-state index < -0.39 is 10.0 Å². The van der Waals surface area contributed by atoms with Crippen LogP contribution in [0.3, 0.4) is 0 Å². The van der Waals surface area contributed by atoms with Crippen molar-refractivity contribution in [3.8, 4) is 5.75 Å². The third kappa shape index (κ3) is 3.49. The first-order valence-corrected chi connectivity index (χ1v) is 6.44. The lowest BCUT2D eigenvalue weighted by atomic mass is 10.1. The lowest BCUT2D eigenvalue weighted by Crippen LogP contribution is -2.15. The first-order valence-electron chi connectivity index (χ1n) is 4.90. The van der Waals surface area contributed by atoms with Crippen LogP contribution in [-0.4, -0.2) is 15.5 Å². The number of hydrogen-bond donors (Lipinski definition) is 2. The predicted molar refractivity (Wildman–Crippen MR) is 70.0 cm³/mol. The summed E-state index contributed by atoms with van der Waals surface area (Å²) in [4.78, 5) is -0.0207. The fourth-order valence-corrected chi connectivity index (χ4v) is 2.30. The number of ether oxygens (including phenoxy) is 1. The zero-order valence-corrected chi connectivity index (χ0v) is 11.4. The molecule has 0 fully saturated rings. The van der Waals surface area contributed by atoms with Gasteiger partial charge in [-0.1, -0.05) is 13.3 Å². The first-order chi connectivity index (χ1) is 7.41. The number of benzene rings is 1. The Bertz CT molecular complexity index is 489. The second-order valence-corrected chi connectivity index (χ2v) is 4.99. The lowest BCUT2D eigenvalue weighted by Gasteiger charge is -2.14. The number of sulfonamides is 1. The number of primary sulfonamides is 1. The van der Waals surface area contributed by atoms with Gasteiger partial charge in [0.05, 0.1) is 7.11 Å². The third-order valence-electron chi connectivity index (χ3n) is 2.27. The second kappa shape index (κ2) is 6.09. The van der Waals surface area contributed by atoms with Crippen molar-refractivity contribution in [2.45, 2.75) is 24.7 Å². The van der Waals surface area contributed by atoms with E-state index in [9.17, 15) is 8.42 Å². The highest BCUT2D eigenvalue weighted by atomic mass is 35.5. The summed E-state index contributed by atoms with van der Waals surface area (Å²) >= 11 is 0. The van der Waals surface area contributed by atoms with E-state index in [1.165, 1.54) is 19.2 Å². The molecule has 0 aliphatic rings. The van der Waals surface area contributed by atoms with Gasteiger partial charge in [-0.25, -0.2) is 13.6 Å². The van der Waals surface area contributed by atoms with Gasteiger partial charge >= 0.3 is 0 Å². The van der Waals surface area contributed by atoms with Crippen molar-refractivity contribution in [1.29, 1.82) is 0 Å². The van der Waals surface area contributed by atoms with Gasteiger partial charge in [0, 0.05) is 11.3 Å². The van der Waals surface area contributed by atoms with E-state index in [0.717, 1.165) is 6.42 Å². The Hall–Kier alpha value is -0.980. The van der Waals surface area contributed by atoms with Gasteiger partial charge in [-0.05, 0) is 18.6 Å². The molecule has 0 spiro atoms. The fraction of sp³-hybridized carbons (Fsp3) is 0.400. The predicted octanol–water partition coefficient (Wildman–Crippen LogP) is 1.30. The van der Waals surface area contributed by atoms with Crippen molar-refractivity contribution in [1.82, 2.24) is 0 Å². The summed E-state index contributed by atoms with van der Waals surface area (Å²) < 4.78 is 27.8. The number of methoxy groups -OCH3 is 1. The molecule has 0 unspecified atom stereocenters. The van der Waals surface area contributed by atoms with Gasteiger partial charge in [-0.2, -0.15) is 0 Å². The number of nitrogen functional groups attached to an aromatic ring is 1. The molecule has 0 aromatic heterocycles. The SMILES string of the molecule is CCCc1c(N)ccc(S(N)(=O)=O)c1OC.Cl. The number of rotatable bonds is 4. The summed E-state index contributed by atoms with van der Waals surface area (Å²) in [6.45, 7) is 1.97. The minimum absolute atomic E-state index is 0. The summed E-state index contributed by atoms with van der Waals surface area (Å²) in [6, 6.07) is 2.90. The van der Waals surface area contributed by atoms with Crippen LogP contribution in [0.25, 0.3) is 0 Å². The van der Waals surface area contributed by atoms with Gasteiger partial charge in [-0.15, -0.1) is 12.4 Å². The van der Waals surface area contributed by atoms with Crippen LogP contribution >= 0.6 is 12.4 Å². The van der Waals surface area contributed by atoms with E-state index in [2.05, 4.69) is 0 Å². The van der Waals surface area contributed by atoms with Crippen molar-refractivity contribution in [2.75, 3.05) is 12.8 Å². The van der Waals surface area contributed by atoms with Crippen molar-refractivity contribution in [3.63, 3.8) is 0 Å². The molecule has 7 heteroatoms. The molecule has 17 heavy (non-hydrogen) atoms. The number of nitrogens with two attached hydrogens (primary N) is 2. The molecule has 4 N–H and O–H groups in total. The van der Waals surface area contributed by atoms with Gasteiger partial charge in [0.15, 0.2) is 0 Å². The van der Waals surface area contributed by atoms with Crippen molar-refractivity contribution in [3.05, 3.63) is 17.7 Å². The standard InChI is InChI=1S/C10H16N2O3S.ClH/c1-3-4-7-8(11)5-6-9(10(7)15-2)16(12,13)14;/h5-6H,3-4,11H2,1-2H3,(H2,12,13,14);1H. The highest BCUT2D eigenvalue weighted by Gasteiger charge is 2.19. The summed E-state index contributed by atoms with van der Waals surface area (Å²) in [5.74, 6) is 0.254. The molecule has 5 nitrogen and oxygen atoms in total. The van der Waals surface area contributed by atoms with Crippen LogP contribution in [0, 0.1) is 0 Å². The average Bonchev–Trinajstić information content (AvgIpc) is 2.19. The second-order valence-electron chi connectivity index (χ2n) is 3.46. The fourth-order valence-electron chi connectivity index (χ4n) is 1.58. The van der Waals surface area contributed by atoms with Crippen molar-refractivity contribution >= 4 is 28.1 Å². The average molecular weight is 281 g/mol. The van der Waals surface area contributed by atoms with Crippen LogP contribution in [0.1, 0.15) is 18.9 Å². The van der Waals surface area contributed by atoms with Crippen molar-refractivity contribution in [2.24, 2.45) is 5.14 Å². The van der Waals surface area contributed by atoms with E-state index >= 15 is 0 Å². The van der Waals surface area contributed by atoms with E-state index in [1.807, 2.05) is 6.92 Å². The minimum Gasteiger partial charge on any atom is -0.495 e. The molecule has 0 amide bonds. The topological polar surface area (TPSA) is 95.4 Å². The molecular formula is C10H17ClN2O3S. The maximum absolute atomic E-state index is 11.3. The molecule has 0 heterocycles. The normalized spacial score (nSPS) is 10.8. The highest BCUT2D eigenvalue weighted by Crippen LogP contribution is 2.32. The molecule has 0 aliphatic carbocycles. The van der Waals surface area contributed by atoms with Crippen LogP contribution < -0.4 is 15.6 Å². The Balaban J connectivity index is 0.00000256. The largest absolute Gasteiger partial charge is 0.495 e. The minimum atomic E-state index is -3.78. The van der Waals surface area contributed by atoms with E-state index in [1.54, 1.807) is 0 Å². The van der Waals surface area contributed by atoms with Gasteiger partial charge in [-0.3, -0.25) is 0 Å². The molecule has 0 radical (unpaired) electrons. The van der Waals surface area contributed by atoms with Gasteiger partial charge in [0.2, 0.25) is 10.0 Å². The zero-order chi connectivity index (χ0) is 12.3. The molecule has 1 aromatic rings.